The molecule has 2 aliphatic rings. The third kappa shape index (κ3) is 4.85. The van der Waals surface area contributed by atoms with Crippen molar-refractivity contribution in [3.63, 3.8) is 0 Å². The number of anilines is 3. The fraction of sp³-hybridized carbons (Fsp3) is 0.409. The van der Waals surface area contributed by atoms with Gasteiger partial charge in [0, 0.05) is 24.3 Å². The number of pyridine rings is 1. The van der Waals surface area contributed by atoms with Crippen LogP contribution in [-0.2, 0) is 4.74 Å². The number of ether oxygens (including phenoxy) is 1. The van der Waals surface area contributed by atoms with E-state index in [9.17, 15) is 14.0 Å². The quantitative estimate of drug-likeness (QED) is 0.414. The molecule has 5 N–H and O–H groups in total. The predicted molar refractivity (Wildman–Crippen MR) is 122 cm³/mol. The molecule has 11 nitrogen and oxygen atoms in total. The number of halogens is 1. The Hall–Kier alpha value is -3.96. The summed E-state index contributed by atoms with van der Waals surface area (Å²) in [6.07, 6.45) is 8.02. The van der Waals surface area contributed by atoms with Crippen molar-refractivity contribution >= 4 is 34.8 Å². The van der Waals surface area contributed by atoms with Crippen molar-refractivity contribution in [1.82, 2.24) is 19.6 Å². The van der Waals surface area contributed by atoms with E-state index in [0.717, 1.165) is 37.6 Å². The van der Waals surface area contributed by atoms with Gasteiger partial charge < -0.3 is 26.4 Å². The largest absolute Gasteiger partial charge is 0.446 e. The van der Waals surface area contributed by atoms with E-state index in [-0.39, 0.29) is 23.5 Å². The number of aromatic nitrogens is 4. The molecule has 2 amide bonds. The first-order valence-electron chi connectivity index (χ1n) is 11.2. The molecule has 0 unspecified atom stereocenters. The van der Waals surface area contributed by atoms with Gasteiger partial charge in [-0.2, -0.15) is 0 Å². The number of nitrogens with zero attached hydrogens (tertiary/aromatic N) is 4. The van der Waals surface area contributed by atoms with E-state index in [1.54, 1.807) is 0 Å². The number of hydrogen-bond donors (Lipinski definition) is 4. The number of rotatable bonds is 7. The van der Waals surface area contributed by atoms with Crippen LogP contribution in [0.3, 0.4) is 0 Å². The molecule has 0 aliphatic heterocycles. The second-order valence-electron chi connectivity index (χ2n) is 8.61. The van der Waals surface area contributed by atoms with Crippen LogP contribution in [0.1, 0.15) is 49.0 Å². The number of nitrogens with two attached hydrogens (primary N) is 1. The van der Waals surface area contributed by atoms with E-state index < -0.39 is 17.8 Å². The molecule has 12 heteroatoms. The molecule has 0 saturated heterocycles. The van der Waals surface area contributed by atoms with E-state index in [1.165, 1.54) is 23.0 Å². The minimum atomic E-state index is -0.753. The second kappa shape index (κ2) is 9.12. The molecule has 178 valence electrons. The molecule has 0 aromatic carbocycles. The molecule has 5 rings (SSSR count). The van der Waals surface area contributed by atoms with Crippen molar-refractivity contribution in [3.05, 3.63) is 42.2 Å². The first kappa shape index (κ1) is 21.9. The normalized spacial score (nSPS) is 20.0. The standard InChI is InChI=1S/C22H25FN8O3/c23-15-10-25-8-7-16(15)29-21(32)18-11-26-20-17(27-12-1-2-12)9-19(30-31(18)20)28-13-3-5-14(6-4-13)34-22(24)33/h7-14,27H,1-6H2,(H2,24,33)(H,28,30)(H,25,29,32)/t13-,14-. The highest BCUT2D eigenvalue weighted by molar-refractivity contribution is 6.03. The molecular weight excluding hydrogens is 443 g/mol. The van der Waals surface area contributed by atoms with Gasteiger partial charge in [0.05, 0.1) is 23.8 Å². The highest BCUT2D eigenvalue weighted by atomic mass is 19.1. The number of carbonyl (C=O) groups excluding carboxylic acids is 2. The van der Waals surface area contributed by atoms with E-state index in [2.05, 4.69) is 31.0 Å². The maximum Gasteiger partial charge on any atom is 0.404 e. The van der Waals surface area contributed by atoms with Gasteiger partial charge in [-0.05, 0) is 44.6 Å². The number of carbonyl (C=O) groups is 2. The van der Waals surface area contributed by atoms with Gasteiger partial charge >= 0.3 is 6.09 Å². The lowest BCUT2D eigenvalue weighted by molar-refractivity contribution is 0.0805. The zero-order valence-corrected chi connectivity index (χ0v) is 18.3. The van der Waals surface area contributed by atoms with Gasteiger partial charge in [0.2, 0.25) is 0 Å². The van der Waals surface area contributed by atoms with Gasteiger partial charge in [-0.1, -0.05) is 0 Å². The van der Waals surface area contributed by atoms with Crippen molar-refractivity contribution in [1.29, 1.82) is 0 Å². The second-order valence-corrected chi connectivity index (χ2v) is 8.61. The first-order chi connectivity index (χ1) is 16.5. The molecule has 34 heavy (non-hydrogen) atoms. The number of primary amides is 1. The van der Waals surface area contributed by atoms with Crippen molar-refractivity contribution < 1.29 is 18.7 Å². The van der Waals surface area contributed by atoms with E-state index >= 15 is 0 Å². The van der Waals surface area contributed by atoms with Crippen LogP contribution in [0.2, 0.25) is 0 Å². The molecule has 2 saturated carbocycles. The molecule has 2 aliphatic carbocycles. The summed E-state index contributed by atoms with van der Waals surface area (Å²) in [5.74, 6) is -0.590. The zero-order valence-electron chi connectivity index (χ0n) is 18.3. The van der Waals surface area contributed by atoms with E-state index in [4.69, 9.17) is 10.5 Å². The first-order valence-corrected chi connectivity index (χ1v) is 11.2. The fourth-order valence-corrected chi connectivity index (χ4v) is 4.11. The molecule has 0 spiro atoms. The maximum absolute atomic E-state index is 14.0. The number of hydrogen-bond acceptors (Lipinski definition) is 8. The number of fused-ring (bicyclic) bond motifs is 1. The lowest BCUT2D eigenvalue weighted by Crippen LogP contribution is -2.32. The average Bonchev–Trinajstić information content (AvgIpc) is 3.51. The molecule has 3 aromatic rings. The minimum absolute atomic E-state index is 0.0236. The third-order valence-electron chi connectivity index (χ3n) is 5.97. The molecule has 0 radical (unpaired) electrons. The topological polar surface area (TPSA) is 149 Å². The van der Waals surface area contributed by atoms with Gasteiger partial charge in [-0.3, -0.25) is 9.78 Å². The van der Waals surface area contributed by atoms with Crippen LogP contribution >= 0.6 is 0 Å². The van der Waals surface area contributed by atoms with E-state index in [1.807, 2.05) is 6.07 Å². The molecule has 0 atom stereocenters. The van der Waals surface area contributed by atoms with Gasteiger partial charge in [0.15, 0.2) is 17.2 Å². The van der Waals surface area contributed by atoms with Crippen molar-refractivity contribution in [2.45, 2.75) is 56.7 Å². The predicted octanol–water partition coefficient (Wildman–Crippen LogP) is 2.91. The van der Waals surface area contributed by atoms with E-state index in [0.29, 0.717) is 30.3 Å². The van der Waals surface area contributed by atoms with Gasteiger partial charge in [0.1, 0.15) is 11.9 Å². The summed E-state index contributed by atoms with van der Waals surface area (Å²) in [4.78, 5) is 32.0. The Balaban J connectivity index is 1.38. The third-order valence-corrected chi connectivity index (χ3v) is 5.97. The molecule has 3 aromatic heterocycles. The highest BCUT2D eigenvalue weighted by Gasteiger charge is 2.26. The maximum atomic E-state index is 14.0. The Morgan fingerprint density at radius 3 is 2.50 bits per heavy atom. The smallest absolute Gasteiger partial charge is 0.404 e. The molecule has 0 bridgehead atoms. The van der Waals surface area contributed by atoms with Crippen LogP contribution in [0, 0.1) is 5.82 Å². The molecular formula is C22H25FN8O3. The Bertz CT molecular complexity index is 1220. The van der Waals surface area contributed by atoms with Crippen LogP contribution in [0.5, 0.6) is 0 Å². The summed E-state index contributed by atoms with van der Waals surface area (Å²) in [5, 5.41) is 14.0. The van der Waals surface area contributed by atoms with Crippen LogP contribution in [0.15, 0.2) is 30.7 Å². The summed E-state index contributed by atoms with van der Waals surface area (Å²) < 4.78 is 20.5. The summed E-state index contributed by atoms with van der Waals surface area (Å²) in [6, 6.07) is 3.75. The summed E-state index contributed by atoms with van der Waals surface area (Å²) >= 11 is 0. The highest BCUT2D eigenvalue weighted by Crippen LogP contribution is 2.30. The van der Waals surface area contributed by atoms with Crippen LogP contribution in [0.25, 0.3) is 5.65 Å². The Morgan fingerprint density at radius 1 is 1.06 bits per heavy atom. The summed E-state index contributed by atoms with van der Waals surface area (Å²) in [5.41, 5.74) is 6.59. The van der Waals surface area contributed by atoms with Gasteiger partial charge in [-0.25, -0.2) is 18.7 Å². The number of amides is 2. The number of imidazole rings is 1. The van der Waals surface area contributed by atoms with Gasteiger partial charge in [-0.15, -0.1) is 5.10 Å². The monoisotopic (exact) mass is 468 g/mol. The average molecular weight is 468 g/mol. The fourth-order valence-electron chi connectivity index (χ4n) is 4.11. The lowest BCUT2D eigenvalue weighted by Gasteiger charge is -2.28. The van der Waals surface area contributed by atoms with Crippen molar-refractivity contribution in [3.8, 4) is 0 Å². The Labute approximate surface area is 194 Å². The number of nitrogens with one attached hydrogen (secondary N) is 3. The van der Waals surface area contributed by atoms with Crippen molar-refractivity contribution in [2.75, 3.05) is 16.0 Å². The Morgan fingerprint density at radius 2 is 1.79 bits per heavy atom. The van der Waals surface area contributed by atoms with Crippen molar-refractivity contribution in [2.24, 2.45) is 5.73 Å². The summed E-state index contributed by atoms with van der Waals surface area (Å²) in [6.45, 7) is 0. The SMILES string of the molecule is NC(=O)O[C@H]1CC[C@H](Nc2cc(NC3CC3)c3ncc(C(=O)Nc4ccncc4F)n3n2)CC1. The van der Waals surface area contributed by atoms with Gasteiger partial charge in [0.25, 0.3) is 5.91 Å². The zero-order chi connectivity index (χ0) is 23.7. The molecule has 2 fully saturated rings. The van der Waals surface area contributed by atoms with Crippen LogP contribution in [-0.4, -0.2) is 49.8 Å². The minimum Gasteiger partial charge on any atom is -0.446 e. The lowest BCUT2D eigenvalue weighted by atomic mass is 9.93. The summed E-state index contributed by atoms with van der Waals surface area (Å²) in [7, 11) is 0. The van der Waals surface area contributed by atoms with Crippen LogP contribution < -0.4 is 21.7 Å². The van der Waals surface area contributed by atoms with Crippen LogP contribution in [0.4, 0.5) is 26.4 Å². The Kier molecular flexibility index (Phi) is 5.86. The molecule has 3 heterocycles.